The molecular weight excluding hydrogens is 485 g/mol. The van der Waals surface area contributed by atoms with Gasteiger partial charge in [0.2, 0.25) is 0 Å². The van der Waals surface area contributed by atoms with Crippen LogP contribution in [0.4, 0.5) is 35.2 Å². The zero-order valence-corrected chi connectivity index (χ0v) is 19.1. The van der Waals surface area contributed by atoms with E-state index in [1.54, 1.807) is 46.4 Å². The van der Waals surface area contributed by atoms with Crippen LogP contribution in [0.1, 0.15) is 5.56 Å². The summed E-state index contributed by atoms with van der Waals surface area (Å²) in [5.74, 6) is 0.424. The lowest BCUT2D eigenvalue weighted by atomic mass is 10.2. The third kappa shape index (κ3) is 5.49. The third-order valence-electron chi connectivity index (χ3n) is 4.66. The maximum atomic E-state index is 13.0. The van der Waals surface area contributed by atoms with Crippen molar-refractivity contribution in [2.75, 3.05) is 24.7 Å². The summed E-state index contributed by atoms with van der Waals surface area (Å²) in [5.41, 5.74) is 1.13. The number of benzene rings is 2. The summed E-state index contributed by atoms with van der Waals surface area (Å²) >= 11 is 5.61. The van der Waals surface area contributed by atoms with Crippen molar-refractivity contribution in [2.45, 2.75) is 6.18 Å². The molecule has 0 aliphatic rings. The van der Waals surface area contributed by atoms with E-state index in [9.17, 15) is 18.0 Å². The molecule has 2 aromatic heterocycles. The molecule has 4 aromatic rings. The summed E-state index contributed by atoms with van der Waals surface area (Å²) in [5, 5.41) is 4.48. The lowest BCUT2D eigenvalue weighted by Gasteiger charge is -2.12. The fourth-order valence-corrected chi connectivity index (χ4v) is 3.32. The van der Waals surface area contributed by atoms with Crippen LogP contribution in [0.5, 0.6) is 0 Å². The van der Waals surface area contributed by atoms with Gasteiger partial charge in [0.1, 0.15) is 12.7 Å². The fraction of sp³-hybridized carbons (Fsp3) is 0.136. The van der Waals surface area contributed by atoms with Gasteiger partial charge in [-0.1, -0.05) is 11.6 Å². The normalized spacial score (nSPS) is 11.7. The number of carbonyl (C=O) groups is 1. The number of hydrogen-bond acceptors (Lipinski definition) is 5. The van der Waals surface area contributed by atoms with Crippen LogP contribution in [-0.2, 0) is 6.18 Å². The van der Waals surface area contributed by atoms with Crippen molar-refractivity contribution < 1.29 is 18.0 Å². The molecule has 0 aliphatic carbocycles. The largest absolute Gasteiger partial charge is 0.417 e. The van der Waals surface area contributed by atoms with Crippen molar-refractivity contribution in [1.82, 2.24) is 24.4 Å². The fourth-order valence-electron chi connectivity index (χ4n) is 3.10. The van der Waals surface area contributed by atoms with Gasteiger partial charge in [-0.05, 0) is 42.5 Å². The number of anilines is 2. The molecule has 35 heavy (non-hydrogen) atoms. The molecule has 0 atom stereocenters. The Morgan fingerprint density at radius 3 is 2.43 bits per heavy atom. The predicted octanol–water partition coefficient (Wildman–Crippen LogP) is 5.35. The number of nitrogens with zero attached hydrogens (tertiary/aromatic N) is 6. The Bertz CT molecular complexity index is 1400. The van der Waals surface area contributed by atoms with Gasteiger partial charge in [0.15, 0.2) is 17.0 Å². The number of imidazole rings is 1. The number of aromatic nitrogens is 4. The molecule has 2 aromatic carbocycles. The Balaban J connectivity index is 1.49. The van der Waals surface area contributed by atoms with E-state index < -0.39 is 22.8 Å². The first-order valence-corrected chi connectivity index (χ1v) is 10.4. The van der Waals surface area contributed by atoms with Crippen LogP contribution in [-0.4, -0.2) is 50.9 Å². The Labute approximate surface area is 202 Å². The smallest absolute Gasteiger partial charge is 0.369 e. The molecular formula is C22H18ClF3N8O. The van der Waals surface area contributed by atoms with Gasteiger partial charge in [0, 0.05) is 31.2 Å². The van der Waals surface area contributed by atoms with E-state index >= 15 is 0 Å². The Morgan fingerprint density at radius 1 is 1.06 bits per heavy atom. The highest BCUT2D eigenvalue weighted by Gasteiger charge is 2.33. The van der Waals surface area contributed by atoms with Gasteiger partial charge in [0.25, 0.3) is 0 Å². The standard InChI is InChI=1S/C22H18ClF3N8O/c1-33(2)11-30-19-18-20(28-10-27-19)34(12-29-18)15-6-3-13(4-7-15)31-21(35)32-14-5-8-17(23)16(9-14)22(24,25)26/h3-12H,1-2H3,(H2,31,32,35). The lowest BCUT2D eigenvalue weighted by Crippen LogP contribution is -2.20. The number of fused-ring (bicyclic) bond motifs is 1. The summed E-state index contributed by atoms with van der Waals surface area (Å²) in [4.78, 5) is 31.1. The average molecular weight is 503 g/mol. The van der Waals surface area contributed by atoms with Crippen molar-refractivity contribution in [1.29, 1.82) is 0 Å². The second-order valence-electron chi connectivity index (χ2n) is 7.51. The molecule has 0 saturated carbocycles. The molecule has 2 heterocycles. The SMILES string of the molecule is CN(C)C=Nc1ncnc2c1ncn2-c1ccc(NC(=O)Nc2ccc(Cl)c(C(F)(F)F)c2)cc1. The maximum absolute atomic E-state index is 13.0. The Kier molecular flexibility index (Phi) is 6.56. The van der Waals surface area contributed by atoms with Crippen molar-refractivity contribution in [3.8, 4) is 5.69 Å². The lowest BCUT2D eigenvalue weighted by molar-refractivity contribution is -0.137. The van der Waals surface area contributed by atoms with E-state index in [-0.39, 0.29) is 5.69 Å². The van der Waals surface area contributed by atoms with Crippen LogP contribution >= 0.6 is 11.6 Å². The molecule has 2 N–H and O–H groups in total. The van der Waals surface area contributed by atoms with Crippen molar-refractivity contribution in [2.24, 2.45) is 4.99 Å². The second-order valence-corrected chi connectivity index (χ2v) is 7.92. The van der Waals surface area contributed by atoms with Crippen LogP contribution in [0.15, 0.2) is 60.1 Å². The van der Waals surface area contributed by atoms with Gasteiger partial charge in [-0.15, -0.1) is 0 Å². The van der Waals surface area contributed by atoms with Crippen LogP contribution in [0.2, 0.25) is 5.02 Å². The maximum Gasteiger partial charge on any atom is 0.417 e. The van der Waals surface area contributed by atoms with Crippen molar-refractivity contribution >= 4 is 52.3 Å². The molecule has 2 amide bonds. The minimum Gasteiger partial charge on any atom is -0.369 e. The van der Waals surface area contributed by atoms with Crippen LogP contribution in [0, 0.1) is 0 Å². The highest BCUT2D eigenvalue weighted by molar-refractivity contribution is 6.31. The minimum absolute atomic E-state index is 0.0480. The first kappa shape index (κ1) is 24.0. The van der Waals surface area contributed by atoms with Crippen molar-refractivity contribution in [3.63, 3.8) is 0 Å². The van der Waals surface area contributed by atoms with Crippen LogP contribution < -0.4 is 10.6 Å². The molecule has 0 unspecified atom stereocenters. The number of urea groups is 1. The van der Waals surface area contributed by atoms with E-state index in [0.29, 0.717) is 28.4 Å². The number of nitrogens with one attached hydrogen (secondary N) is 2. The minimum atomic E-state index is -4.64. The topological polar surface area (TPSA) is 100 Å². The molecule has 0 bridgehead atoms. The Morgan fingerprint density at radius 2 is 1.74 bits per heavy atom. The molecule has 0 radical (unpaired) electrons. The first-order chi connectivity index (χ1) is 16.6. The summed E-state index contributed by atoms with van der Waals surface area (Å²) in [6.45, 7) is 0. The van der Waals surface area contributed by atoms with Gasteiger partial charge >= 0.3 is 12.2 Å². The molecule has 9 nitrogen and oxygen atoms in total. The highest BCUT2D eigenvalue weighted by Crippen LogP contribution is 2.36. The molecule has 180 valence electrons. The molecule has 4 rings (SSSR count). The molecule has 13 heteroatoms. The number of carbonyl (C=O) groups excluding carboxylic acids is 1. The van der Waals surface area contributed by atoms with E-state index in [2.05, 4.69) is 30.6 Å². The zero-order valence-electron chi connectivity index (χ0n) is 18.4. The molecule has 0 saturated heterocycles. The molecule has 0 spiro atoms. The quantitative estimate of drug-likeness (QED) is 0.283. The van der Waals surface area contributed by atoms with E-state index in [0.717, 1.165) is 12.1 Å². The van der Waals surface area contributed by atoms with E-state index in [4.69, 9.17) is 11.6 Å². The van der Waals surface area contributed by atoms with Gasteiger partial charge < -0.3 is 15.5 Å². The monoisotopic (exact) mass is 502 g/mol. The van der Waals surface area contributed by atoms with Gasteiger partial charge in [0.05, 0.1) is 16.9 Å². The second kappa shape index (κ2) is 9.58. The molecule has 0 aliphatic heterocycles. The third-order valence-corrected chi connectivity index (χ3v) is 4.99. The van der Waals surface area contributed by atoms with Gasteiger partial charge in [-0.3, -0.25) is 4.57 Å². The van der Waals surface area contributed by atoms with E-state index in [1.165, 1.54) is 12.4 Å². The number of hydrogen-bond donors (Lipinski definition) is 2. The summed E-state index contributed by atoms with van der Waals surface area (Å²) in [6.07, 6.45) is -0.0464. The summed E-state index contributed by atoms with van der Waals surface area (Å²) in [6, 6.07) is 9.14. The van der Waals surface area contributed by atoms with E-state index in [1.807, 2.05) is 14.1 Å². The molecule has 0 fully saturated rings. The number of alkyl halides is 3. The average Bonchev–Trinajstić information content (AvgIpc) is 3.23. The number of rotatable bonds is 5. The van der Waals surface area contributed by atoms with Crippen LogP contribution in [0.25, 0.3) is 16.9 Å². The van der Waals surface area contributed by atoms with Gasteiger partial charge in [-0.2, -0.15) is 13.2 Å². The predicted molar refractivity (Wildman–Crippen MR) is 128 cm³/mol. The number of amides is 2. The number of halogens is 4. The summed E-state index contributed by atoms with van der Waals surface area (Å²) in [7, 11) is 3.68. The highest BCUT2D eigenvalue weighted by atomic mass is 35.5. The zero-order chi connectivity index (χ0) is 25.2. The Hall–Kier alpha value is -4.19. The van der Waals surface area contributed by atoms with Crippen LogP contribution in [0.3, 0.4) is 0 Å². The van der Waals surface area contributed by atoms with Crippen molar-refractivity contribution in [3.05, 3.63) is 65.7 Å². The van der Waals surface area contributed by atoms with Gasteiger partial charge in [-0.25, -0.2) is 24.7 Å². The number of aliphatic imine (C=N–C) groups is 1. The first-order valence-electron chi connectivity index (χ1n) is 10.1. The summed E-state index contributed by atoms with van der Waals surface area (Å²) < 4.78 is 40.8.